The molecule has 1 aliphatic carbocycles. The molecule has 2 nitrogen and oxygen atoms in total. The maximum atomic E-state index is 9.53. The van der Waals surface area contributed by atoms with Gasteiger partial charge in [0.25, 0.3) is 0 Å². The van der Waals surface area contributed by atoms with E-state index in [0.29, 0.717) is 5.41 Å². The van der Waals surface area contributed by atoms with Crippen molar-refractivity contribution in [3.05, 3.63) is 0 Å². The van der Waals surface area contributed by atoms with E-state index in [9.17, 15) is 10.2 Å². The molecule has 1 saturated carbocycles. The van der Waals surface area contributed by atoms with Crippen LogP contribution in [-0.4, -0.2) is 30.2 Å². The molecular formula is C22H50O2P2Ti. The first-order valence-electron chi connectivity index (χ1n) is 10.8. The van der Waals surface area contributed by atoms with Crippen LogP contribution in [0, 0.1) is 5.41 Å². The molecule has 0 saturated heterocycles. The third kappa shape index (κ3) is 42.5. The van der Waals surface area contributed by atoms with E-state index in [-0.39, 0.29) is 21.7 Å². The van der Waals surface area contributed by atoms with E-state index in [1.807, 2.05) is 0 Å². The summed E-state index contributed by atoms with van der Waals surface area (Å²) in [5, 5.41) is 19.1. The van der Waals surface area contributed by atoms with Gasteiger partial charge in [0.05, 0.1) is 0 Å². The normalized spacial score (nSPS) is 17.9. The molecule has 0 aromatic heterocycles. The van der Waals surface area contributed by atoms with Gasteiger partial charge in [-0.1, -0.05) is 81.1 Å². The maximum absolute atomic E-state index is 9.53. The van der Waals surface area contributed by atoms with Crippen LogP contribution in [0.5, 0.6) is 0 Å². The molecule has 164 valence electrons. The van der Waals surface area contributed by atoms with Crippen LogP contribution < -0.4 is 10.2 Å². The van der Waals surface area contributed by atoms with Gasteiger partial charge in [-0.25, -0.2) is 0 Å². The van der Waals surface area contributed by atoms with Gasteiger partial charge in [0.15, 0.2) is 0 Å². The quantitative estimate of drug-likeness (QED) is 0.297. The summed E-state index contributed by atoms with van der Waals surface area (Å²) in [5.41, 5.74) is 1.73. The zero-order chi connectivity index (χ0) is 21.0. The predicted octanol–water partition coefficient (Wildman–Crippen LogP) is 5.60. The zero-order valence-corrected chi connectivity index (χ0v) is 23.4. The summed E-state index contributed by atoms with van der Waals surface area (Å²) < 4.78 is 0. The third-order valence-electron chi connectivity index (χ3n) is 3.73. The van der Waals surface area contributed by atoms with Gasteiger partial charge in [-0.3, -0.25) is 0 Å². The Hall–Kier alpha value is 1.49. The molecule has 0 heterocycles. The van der Waals surface area contributed by atoms with Crippen LogP contribution in [0.15, 0.2) is 0 Å². The predicted molar refractivity (Wildman–Crippen MR) is 124 cm³/mol. The zero-order valence-electron chi connectivity index (χ0n) is 19.7. The molecule has 0 N–H and O–H groups in total. The van der Waals surface area contributed by atoms with Gasteiger partial charge in [0.1, 0.15) is 0 Å². The van der Waals surface area contributed by atoms with Gasteiger partial charge in [0, 0.05) is 0 Å². The number of hydrogen-bond donors (Lipinski definition) is 0. The van der Waals surface area contributed by atoms with E-state index in [2.05, 4.69) is 36.9 Å². The van der Waals surface area contributed by atoms with Crippen LogP contribution in [0.25, 0.3) is 0 Å². The molecule has 0 aliphatic heterocycles. The minimum Gasteiger partial charge on any atom is -0.852 e. The van der Waals surface area contributed by atoms with Crippen LogP contribution in [0.3, 0.4) is 0 Å². The third-order valence-corrected chi connectivity index (χ3v) is 5.85. The molecule has 5 heteroatoms. The van der Waals surface area contributed by atoms with Gasteiger partial charge >= 0.3 is 21.7 Å². The summed E-state index contributed by atoms with van der Waals surface area (Å²) >= 11 is 0. The van der Waals surface area contributed by atoms with Crippen LogP contribution in [0.1, 0.15) is 107 Å². The fourth-order valence-corrected chi connectivity index (χ4v) is 5.04. The number of unbranched alkanes of at least 4 members (excludes halogenated alkanes) is 2. The smallest absolute Gasteiger partial charge is 0.852 e. The van der Waals surface area contributed by atoms with Crippen molar-refractivity contribution in [2.75, 3.05) is 12.3 Å². The second kappa shape index (κ2) is 25.5. The van der Waals surface area contributed by atoms with Crippen LogP contribution in [0.2, 0.25) is 0 Å². The minimum atomic E-state index is -0.417. The first-order valence-corrected chi connectivity index (χ1v) is 12.9. The van der Waals surface area contributed by atoms with E-state index in [4.69, 9.17) is 0 Å². The Labute approximate surface area is 191 Å². The molecular weight excluding hydrogens is 406 g/mol. The first-order chi connectivity index (χ1) is 12.0. The maximum Gasteiger partial charge on any atom is 2.00 e. The molecule has 0 spiro atoms. The largest absolute Gasteiger partial charge is 2.00 e. The summed E-state index contributed by atoms with van der Waals surface area (Å²) in [4.78, 5) is 0. The molecule has 27 heavy (non-hydrogen) atoms. The van der Waals surface area contributed by atoms with Crippen molar-refractivity contribution < 1.29 is 31.9 Å². The molecule has 1 aliphatic rings. The molecule has 0 radical (unpaired) electrons. The molecule has 0 bridgehead atoms. The monoisotopic (exact) mass is 456 g/mol. The van der Waals surface area contributed by atoms with E-state index in [1.165, 1.54) is 72.3 Å². The van der Waals surface area contributed by atoms with Crippen molar-refractivity contribution in [3.8, 4) is 0 Å². The van der Waals surface area contributed by atoms with Gasteiger partial charge < -0.3 is 10.2 Å². The average Bonchev–Trinajstić information content (AvgIpc) is 2.47. The second-order valence-electron chi connectivity index (χ2n) is 8.50. The van der Waals surface area contributed by atoms with E-state index in [0.717, 1.165) is 5.66 Å². The van der Waals surface area contributed by atoms with Crippen molar-refractivity contribution in [2.24, 2.45) is 5.41 Å². The van der Waals surface area contributed by atoms with E-state index < -0.39 is 12.2 Å². The Morgan fingerprint density at radius 2 is 1.44 bits per heavy atom. The standard InChI is InChI=1S/C12H25P.C4H11P.2C3H7O.Ti/c1-4-5-9-13-11-7-6-8-12(2,3)10-11;1-2-3-4-5;2*1-3(2)4;/h11,13H,4-10H2,1-3H3;2-5H2,1H3;2*3H,1-2H3;/q;;2*-1;+2. The Balaban J connectivity index is -0.000000158. The first kappa shape index (κ1) is 35.9. The molecule has 1 rings (SSSR count). The molecule has 3 atom stereocenters. The van der Waals surface area contributed by atoms with Crippen molar-refractivity contribution in [1.29, 1.82) is 0 Å². The van der Waals surface area contributed by atoms with Crippen molar-refractivity contribution in [1.82, 2.24) is 0 Å². The fraction of sp³-hybridized carbons (Fsp3) is 1.00. The van der Waals surface area contributed by atoms with E-state index in [1.54, 1.807) is 27.7 Å². The van der Waals surface area contributed by atoms with Gasteiger partial charge in [-0.2, -0.15) is 0 Å². The molecule has 1 fully saturated rings. The fourth-order valence-electron chi connectivity index (χ4n) is 2.56. The van der Waals surface area contributed by atoms with Crippen LogP contribution in [0.4, 0.5) is 0 Å². The molecule has 0 aromatic rings. The summed E-state index contributed by atoms with van der Waals surface area (Å²) in [6, 6.07) is 0. The van der Waals surface area contributed by atoms with Crippen LogP contribution >= 0.6 is 17.8 Å². The van der Waals surface area contributed by atoms with Gasteiger partial charge in [-0.15, -0.1) is 30.0 Å². The molecule has 3 unspecified atom stereocenters. The Morgan fingerprint density at radius 1 is 1.00 bits per heavy atom. The van der Waals surface area contributed by atoms with Gasteiger partial charge in [-0.05, 0) is 49.1 Å². The summed E-state index contributed by atoms with van der Waals surface area (Å²) in [6.07, 6.45) is 13.4. The summed E-state index contributed by atoms with van der Waals surface area (Å²) in [6.45, 7) is 15.8. The number of hydrogen-bond acceptors (Lipinski definition) is 2. The molecule has 0 aromatic carbocycles. The average molecular weight is 456 g/mol. The Morgan fingerprint density at radius 3 is 1.74 bits per heavy atom. The Bertz CT molecular complexity index is 249. The van der Waals surface area contributed by atoms with Crippen LogP contribution in [-0.2, 0) is 21.7 Å². The SMILES string of the molecule is CC(C)[O-].CC(C)[O-].CCCCP.CCCCPC1CCCC(C)(C)C1.[Ti+2]. The van der Waals surface area contributed by atoms with Crippen molar-refractivity contribution >= 4 is 17.8 Å². The molecule has 0 amide bonds. The topological polar surface area (TPSA) is 46.1 Å². The summed E-state index contributed by atoms with van der Waals surface area (Å²) in [5.74, 6) is 0. The van der Waals surface area contributed by atoms with Crippen molar-refractivity contribution in [2.45, 2.75) is 125 Å². The minimum absolute atomic E-state index is 0. The van der Waals surface area contributed by atoms with E-state index >= 15 is 0 Å². The van der Waals surface area contributed by atoms with Crippen molar-refractivity contribution in [3.63, 3.8) is 0 Å². The second-order valence-corrected chi connectivity index (χ2v) is 10.8. The Kier molecular flexibility index (Phi) is 33.9. The number of rotatable bonds is 6. The van der Waals surface area contributed by atoms with Gasteiger partial charge in [0.2, 0.25) is 0 Å². The summed E-state index contributed by atoms with van der Waals surface area (Å²) in [7, 11) is 3.95.